The van der Waals surface area contributed by atoms with Crippen LogP contribution in [0.25, 0.3) is 0 Å². The number of amides is 1. The van der Waals surface area contributed by atoms with Crippen LogP contribution in [0.15, 0.2) is 6.33 Å². The van der Waals surface area contributed by atoms with Gasteiger partial charge in [-0.15, -0.1) is 0 Å². The van der Waals surface area contributed by atoms with Gasteiger partial charge >= 0.3 is 0 Å². The molecule has 2 rings (SSSR count). The van der Waals surface area contributed by atoms with Gasteiger partial charge in [-0.2, -0.15) is 5.10 Å². The highest BCUT2D eigenvalue weighted by molar-refractivity contribution is 5.90. The maximum atomic E-state index is 12.2. The molecule has 2 heterocycles. The normalized spacial score (nSPS) is 22.5. The highest BCUT2D eigenvalue weighted by atomic mass is 16.5. The maximum absolute atomic E-state index is 12.2. The second-order valence-corrected chi connectivity index (χ2v) is 5.62. The predicted octanol–water partition coefficient (Wildman–Crippen LogP) is 0.834. The Bertz CT molecular complexity index is 395. The van der Waals surface area contributed by atoms with E-state index in [1.54, 1.807) is 4.90 Å². The van der Waals surface area contributed by atoms with Crippen molar-refractivity contribution in [3.8, 4) is 0 Å². The van der Waals surface area contributed by atoms with Crippen LogP contribution in [0.2, 0.25) is 0 Å². The summed E-state index contributed by atoms with van der Waals surface area (Å²) in [4.78, 5) is 17.8. The first kappa shape index (κ1) is 12.0. The molecular weight excluding hydrogens is 220 g/mol. The summed E-state index contributed by atoms with van der Waals surface area (Å²) in [6.07, 6.45) is 1.34. The van der Waals surface area contributed by atoms with Crippen molar-refractivity contribution in [2.45, 2.75) is 38.9 Å². The van der Waals surface area contributed by atoms with E-state index in [9.17, 15) is 4.79 Å². The van der Waals surface area contributed by atoms with Crippen molar-refractivity contribution in [2.24, 2.45) is 0 Å². The lowest BCUT2D eigenvalue weighted by atomic mass is 9.99. The number of nitrogens with one attached hydrogen (secondary N) is 1. The van der Waals surface area contributed by atoms with E-state index in [4.69, 9.17) is 4.74 Å². The summed E-state index contributed by atoms with van der Waals surface area (Å²) in [6, 6.07) is 0. The number of nitrogens with zero attached hydrogens (tertiary/aromatic N) is 3. The van der Waals surface area contributed by atoms with E-state index in [1.807, 2.05) is 27.7 Å². The standard InChI is InChI=1S/C11H18N4O2/c1-10(2)5-15(6-11(3,4)17-10)9(16)8-12-7-13-14-8/h7H,5-6H2,1-4H3,(H,12,13,14). The van der Waals surface area contributed by atoms with Crippen LogP contribution in [0.1, 0.15) is 38.3 Å². The van der Waals surface area contributed by atoms with Crippen LogP contribution in [0.5, 0.6) is 0 Å². The van der Waals surface area contributed by atoms with Gasteiger partial charge in [-0.25, -0.2) is 4.98 Å². The Balaban J connectivity index is 2.19. The molecular formula is C11H18N4O2. The van der Waals surface area contributed by atoms with E-state index in [1.165, 1.54) is 6.33 Å². The summed E-state index contributed by atoms with van der Waals surface area (Å²) >= 11 is 0. The first-order valence-corrected chi connectivity index (χ1v) is 5.64. The summed E-state index contributed by atoms with van der Waals surface area (Å²) < 4.78 is 5.92. The van der Waals surface area contributed by atoms with Crippen molar-refractivity contribution in [3.63, 3.8) is 0 Å². The third-order valence-corrected chi connectivity index (χ3v) is 2.60. The molecule has 1 fully saturated rings. The fourth-order valence-corrected chi connectivity index (χ4v) is 2.39. The van der Waals surface area contributed by atoms with Crippen LogP contribution in [0.4, 0.5) is 0 Å². The number of carbonyl (C=O) groups excluding carboxylic acids is 1. The molecule has 1 saturated heterocycles. The molecule has 6 nitrogen and oxygen atoms in total. The van der Waals surface area contributed by atoms with Crippen molar-refractivity contribution in [3.05, 3.63) is 12.2 Å². The molecule has 1 aliphatic heterocycles. The number of aromatic amines is 1. The number of ether oxygens (including phenoxy) is 1. The number of rotatable bonds is 1. The van der Waals surface area contributed by atoms with E-state index < -0.39 is 0 Å². The van der Waals surface area contributed by atoms with Crippen molar-refractivity contribution in [1.82, 2.24) is 20.1 Å². The lowest BCUT2D eigenvalue weighted by molar-refractivity contribution is -0.171. The van der Waals surface area contributed by atoms with Crippen molar-refractivity contribution in [2.75, 3.05) is 13.1 Å². The average Bonchev–Trinajstić information content (AvgIpc) is 2.63. The van der Waals surface area contributed by atoms with Crippen LogP contribution >= 0.6 is 0 Å². The van der Waals surface area contributed by atoms with Crippen molar-refractivity contribution >= 4 is 5.91 Å². The third-order valence-electron chi connectivity index (χ3n) is 2.60. The molecule has 1 amide bonds. The third kappa shape index (κ3) is 2.63. The smallest absolute Gasteiger partial charge is 0.291 e. The van der Waals surface area contributed by atoms with Gasteiger partial charge in [0.05, 0.1) is 11.2 Å². The molecule has 0 saturated carbocycles. The van der Waals surface area contributed by atoms with Gasteiger partial charge in [0.25, 0.3) is 5.91 Å². The fraction of sp³-hybridized carbons (Fsp3) is 0.727. The molecule has 1 N–H and O–H groups in total. The van der Waals surface area contributed by atoms with E-state index in [2.05, 4.69) is 15.2 Å². The molecule has 6 heteroatoms. The van der Waals surface area contributed by atoms with Crippen LogP contribution in [0.3, 0.4) is 0 Å². The van der Waals surface area contributed by atoms with Crippen LogP contribution < -0.4 is 0 Å². The zero-order valence-corrected chi connectivity index (χ0v) is 10.6. The lowest BCUT2D eigenvalue weighted by Crippen LogP contribution is -2.58. The molecule has 1 aliphatic rings. The highest BCUT2D eigenvalue weighted by Crippen LogP contribution is 2.28. The first-order valence-electron chi connectivity index (χ1n) is 5.64. The Labute approximate surface area is 100 Å². The minimum Gasteiger partial charge on any atom is -0.366 e. The Morgan fingerprint density at radius 3 is 2.41 bits per heavy atom. The summed E-state index contributed by atoms with van der Waals surface area (Å²) in [5.74, 6) is 0.144. The van der Waals surface area contributed by atoms with Gasteiger partial charge in [-0.3, -0.25) is 9.89 Å². The quantitative estimate of drug-likeness (QED) is 0.786. The number of hydrogen-bond donors (Lipinski definition) is 1. The fourth-order valence-electron chi connectivity index (χ4n) is 2.39. The molecule has 0 bridgehead atoms. The van der Waals surface area contributed by atoms with Crippen molar-refractivity contribution < 1.29 is 9.53 Å². The largest absolute Gasteiger partial charge is 0.366 e. The number of hydrogen-bond acceptors (Lipinski definition) is 4. The zero-order chi connectivity index (χ0) is 12.7. The summed E-state index contributed by atoms with van der Waals surface area (Å²) in [6.45, 7) is 9.03. The predicted molar refractivity (Wildman–Crippen MR) is 61.5 cm³/mol. The molecule has 0 atom stereocenters. The van der Waals surface area contributed by atoms with Crippen LogP contribution in [-0.4, -0.2) is 50.3 Å². The summed E-state index contributed by atoms with van der Waals surface area (Å²) in [5.41, 5.74) is -0.700. The molecule has 1 aromatic heterocycles. The van der Waals surface area contributed by atoms with Crippen LogP contribution in [-0.2, 0) is 4.74 Å². The Morgan fingerprint density at radius 1 is 1.35 bits per heavy atom. The number of H-pyrrole nitrogens is 1. The van der Waals surface area contributed by atoms with E-state index in [-0.39, 0.29) is 22.9 Å². The van der Waals surface area contributed by atoms with Crippen molar-refractivity contribution in [1.29, 1.82) is 0 Å². The number of carbonyl (C=O) groups is 1. The SMILES string of the molecule is CC1(C)CN(C(=O)c2ncn[nH]2)CC(C)(C)O1. The monoisotopic (exact) mass is 238 g/mol. The van der Waals surface area contributed by atoms with E-state index >= 15 is 0 Å². The Kier molecular flexibility index (Phi) is 2.69. The topological polar surface area (TPSA) is 71.1 Å². The molecule has 0 aliphatic carbocycles. The highest BCUT2D eigenvalue weighted by Gasteiger charge is 2.40. The minimum absolute atomic E-state index is 0.132. The van der Waals surface area contributed by atoms with Gasteiger partial charge in [0, 0.05) is 13.1 Å². The second-order valence-electron chi connectivity index (χ2n) is 5.62. The van der Waals surface area contributed by atoms with Gasteiger partial charge in [-0.05, 0) is 27.7 Å². The van der Waals surface area contributed by atoms with Gasteiger partial charge in [0.1, 0.15) is 6.33 Å². The molecule has 17 heavy (non-hydrogen) atoms. The van der Waals surface area contributed by atoms with Gasteiger partial charge in [0.15, 0.2) is 0 Å². The first-order chi connectivity index (χ1) is 7.79. The number of morpholine rings is 1. The molecule has 1 aromatic rings. The molecule has 0 unspecified atom stereocenters. The van der Waals surface area contributed by atoms with Gasteiger partial charge < -0.3 is 9.64 Å². The summed E-state index contributed by atoms with van der Waals surface area (Å²) in [5, 5.41) is 6.29. The van der Waals surface area contributed by atoms with Crippen LogP contribution in [0, 0.1) is 0 Å². The van der Waals surface area contributed by atoms with Gasteiger partial charge in [0.2, 0.25) is 5.82 Å². The number of aromatic nitrogens is 3. The molecule has 94 valence electrons. The lowest BCUT2D eigenvalue weighted by Gasteiger charge is -2.46. The van der Waals surface area contributed by atoms with E-state index in [0.29, 0.717) is 13.1 Å². The Morgan fingerprint density at radius 2 is 1.94 bits per heavy atom. The Hall–Kier alpha value is -1.43. The minimum atomic E-state index is -0.350. The average molecular weight is 238 g/mol. The summed E-state index contributed by atoms with van der Waals surface area (Å²) in [7, 11) is 0. The molecule has 0 aromatic carbocycles. The second kappa shape index (κ2) is 3.80. The van der Waals surface area contributed by atoms with E-state index in [0.717, 1.165) is 0 Å². The van der Waals surface area contributed by atoms with Gasteiger partial charge in [-0.1, -0.05) is 0 Å². The molecule has 0 spiro atoms. The zero-order valence-electron chi connectivity index (χ0n) is 10.6. The molecule has 0 radical (unpaired) electrons. The maximum Gasteiger partial charge on any atom is 0.291 e.